The van der Waals surface area contributed by atoms with Crippen LogP contribution in [0.5, 0.6) is 0 Å². The summed E-state index contributed by atoms with van der Waals surface area (Å²) < 4.78 is 5.80. The summed E-state index contributed by atoms with van der Waals surface area (Å²) in [6.07, 6.45) is 8.10. The third-order valence-electron chi connectivity index (χ3n) is 6.69. The molecule has 0 saturated carbocycles. The van der Waals surface area contributed by atoms with Crippen LogP contribution in [0.3, 0.4) is 0 Å². The number of nitrogens with one attached hydrogen (secondary N) is 1. The lowest BCUT2D eigenvalue weighted by Gasteiger charge is -2.27. The van der Waals surface area contributed by atoms with Crippen LogP contribution in [0.2, 0.25) is 0 Å². The van der Waals surface area contributed by atoms with Crippen LogP contribution >= 0.6 is 0 Å². The number of rotatable bonds is 15. The zero-order chi connectivity index (χ0) is 25.2. The molecule has 4 amide bonds. The summed E-state index contributed by atoms with van der Waals surface area (Å²) in [4.78, 5) is 50.0. The number of aryl methyl sites for hydroxylation is 1. The lowest BCUT2D eigenvalue weighted by molar-refractivity contribution is -0.127. The molecule has 9 nitrogen and oxygen atoms in total. The first-order valence-electron chi connectivity index (χ1n) is 12.7. The van der Waals surface area contributed by atoms with E-state index in [1.807, 2.05) is 18.2 Å². The third-order valence-corrected chi connectivity index (χ3v) is 6.69. The van der Waals surface area contributed by atoms with Crippen LogP contribution in [0.15, 0.2) is 18.2 Å². The van der Waals surface area contributed by atoms with Gasteiger partial charge in [0.2, 0.25) is 23.6 Å². The summed E-state index contributed by atoms with van der Waals surface area (Å²) in [6.45, 7) is 0.821. The van der Waals surface area contributed by atoms with Gasteiger partial charge in [0.1, 0.15) is 6.04 Å². The number of carbonyl (C=O) groups excluding carboxylic acids is 4. The monoisotopic (exact) mass is 486 g/mol. The Hall–Kier alpha value is -2.94. The number of nitrogens with zero attached hydrogens (tertiary/aromatic N) is 1. The maximum Gasteiger partial charge on any atom is 0.243 e. The first-order chi connectivity index (χ1) is 16.9. The molecule has 3 rings (SSSR count). The van der Waals surface area contributed by atoms with E-state index in [2.05, 4.69) is 5.32 Å². The highest BCUT2D eigenvalue weighted by atomic mass is 16.5. The number of carbonyl (C=O) groups is 4. The van der Waals surface area contributed by atoms with Gasteiger partial charge in [0.25, 0.3) is 0 Å². The van der Waals surface area contributed by atoms with Crippen molar-refractivity contribution in [1.82, 2.24) is 5.32 Å². The molecule has 1 aromatic rings. The van der Waals surface area contributed by atoms with E-state index in [-0.39, 0.29) is 36.8 Å². The molecular weight excluding hydrogens is 448 g/mol. The largest absolute Gasteiger partial charge is 0.379 e. The van der Waals surface area contributed by atoms with Crippen LogP contribution < -0.4 is 21.7 Å². The van der Waals surface area contributed by atoms with Gasteiger partial charge in [-0.05, 0) is 43.2 Å². The molecule has 2 atom stereocenters. The molecular formula is C26H38N4O5. The summed E-state index contributed by atoms with van der Waals surface area (Å²) in [5.74, 6) is -0.940. The second kappa shape index (κ2) is 13.2. The van der Waals surface area contributed by atoms with Gasteiger partial charge in [0.05, 0.1) is 18.3 Å². The molecule has 0 unspecified atom stereocenters. The summed E-state index contributed by atoms with van der Waals surface area (Å²) in [5, 5.41) is 3.02. The van der Waals surface area contributed by atoms with Crippen molar-refractivity contribution in [3.63, 3.8) is 0 Å². The van der Waals surface area contributed by atoms with Gasteiger partial charge in [-0.25, -0.2) is 0 Å². The molecule has 2 aliphatic heterocycles. The first kappa shape index (κ1) is 26.7. The second-order valence-electron chi connectivity index (χ2n) is 9.53. The summed E-state index contributed by atoms with van der Waals surface area (Å²) >= 11 is 0. The Morgan fingerprint density at radius 3 is 2.49 bits per heavy atom. The minimum absolute atomic E-state index is 0.0189. The van der Waals surface area contributed by atoms with E-state index < -0.39 is 11.9 Å². The number of nitrogens with two attached hydrogens (primary N) is 2. The van der Waals surface area contributed by atoms with Crippen LogP contribution in [0.1, 0.15) is 75.3 Å². The smallest absolute Gasteiger partial charge is 0.243 e. The van der Waals surface area contributed by atoms with E-state index in [1.165, 1.54) is 0 Å². The summed E-state index contributed by atoms with van der Waals surface area (Å²) in [7, 11) is 0. The van der Waals surface area contributed by atoms with Gasteiger partial charge < -0.3 is 21.5 Å². The van der Waals surface area contributed by atoms with Gasteiger partial charge in [0, 0.05) is 32.3 Å². The number of benzene rings is 1. The van der Waals surface area contributed by atoms with Crippen molar-refractivity contribution in [2.75, 3.05) is 18.1 Å². The zero-order valence-corrected chi connectivity index (χ0v) is 20.4. The fourth-order valence-corrected chi connectivity index (χ4v) is 4.91. The first-order valence-corrected chi connectivity index (χ1v) is 12.7. The van der Waals surface area contributed by atoms with Crippen LogP contribution in [0.4, 0.5) is 5.69 Å². The Kier molecular flexibility index (Phi) is 10.1. The van der Waals surface area contributed by atoms with E-state index >= 15 is 0 Å². The standard InChI is InChI=1S/C26H38N4O5/c27-22(31)11-4-2-1-3-5-15-35-17-20(13-14-23(28)32)29-26(34)21-16-19-10-6-8-18-9-7-12-24(33)30(21)25(18)19/h6,8,10,20-21H,1-5,7,9,11-17H2,(H2,27,31)(H2,28,32)(H,29,34)/t20-,21-/m0/s1. The van der Waals surface area contributed by atoms with Gasteiger partial charge >= 0.3 is 0 Å². The Bertz CT molecular complexity index is 919. The van der Waals surface area contributed by atoms with Crippen molar-refractivity contribution in [2.45, 2.75) is 89.1 Å². The molecule has 1 aromatic carbocycles. The Morgan fingerprint density at radius 1 is 1.00 bits per heavy atom. The van der Waals surface area contributed by atoms with E-state index in [1.54, 1.807) is 4.90 Å². The van der Waals surface area contributed by atoms with Gasteiger partial charge in [-0.1, -0.05) is 37.5 Å². The maximum absolute atomic E-state index is 13.3. The summed E-state index contributed by atoms with van der Waals surface area (Å²) in [5.41, 5.74) is 13.5. The highest BCUT2D eigenvalue weighted by Gasteiger charge is 2.40. The molecule has 0 bridgehead atoms. The van der Waals surface area contributed by atoms with Crippen LogP contribution in [-0.4, -0.2) is 48.9 Å². The number of anilines is 1. The SMILES string of the molecule is NC(=O)CCCCCCCOC[C@H](CCC(N)=O)NC(=O)[C@@H]1Cc2cccc3c2N1C(=O)CCC3. The molecule has 0 radical (unpaired) electrons. The molecule has 35 heavy (non-hydrogen) atoms. The molecule has 5 N–H and O–H groups in total. The van der Waals surface area contributed by atoms with Crippen LogP contribution in [-0.2, 0) is 36.8 Å². The Labute approximate surface area is 206 Å². The second-order valence-corrected chi connectivity index (χ2v) is 9.53. The lowest BCUT2D eigenvalue weighted by atomic mass is 10.0. The van der Waals surface area contributed by atoms with Crippen LogP contribution in [0, 0.1) is 0 Å². The van der Waals surface area contributed by atoms with E-state index in [0.717, 1.165) is 61.8 Å². The molecule has 0 aliphatic carbocycles. The van der Waals surface area contributed by atoms with Crippen molar-refractivity contribution >= 4 is 29.3 Å². The fourth-order valence-electron chi connectivity index (χ4n) is 4.91. The average Bonchev–Trinajstić information content (AvgIpc) is 3.13. The lowest BCUT2D eigenvalue weighted by Crippen LogP contribution is -2.51. The molecule has 0 saturated heterocycles. The molecule has 2 aliphatic rings. The van der Waals surface area contributed by atoms with Crippen molar-refractivity contribution < 1.29 is 23.9 Å². The number of unbranched alkanes of at least 4 members (excludes halogenated alkanes) is 4. The van der Waals surface area contributed by atoms with Crippen molar-refractivity contribution in [3.8, 4) is 0 Å². The molecule has 192 valence electrons. The maximum atomic E-state index is 13.3. The van der Waals surface area contributed by atoms with Crippen molar-refractivity contribution in [3.05, 3.63) is 29.3 Å². The molecule has 0 fully saturated rings. The number of para-hydroxylation sites is 1. The van der Waals surface area contributed by atoms with Gasteiger partial charge in [-0.2, -0.15) is 0 Å². The molecule has 2 heterocycles. The zero-order valence-electron chi connectivity index (χ0n) is 20.4. The summed E-state index contributed by atoms with van der Waals surface area (Å²) in [6, 6.07) is 5.05. The van der Waals surface area contributed by atoms with Crippen LogP contribution in [0.25, 0.3) is 0 Å². The van der Waals surface area contributed by atoms with E-state index in [9.17, 15) is 19.2 Å². The Morgan fingerprint density at radius 2 is 1.71 bits per heavy atom. The van der Waals surface area contributed by atoms with Crippen molar-refractivity contribution in [1.29, 1.82) is 0 Å². The fraction of sp³-hybridized carbons (Fsp3) is 0.615. The normalized spacial score (nSPS) is 17.5. The third kappa shape index (κ3) is 7.78. The Balaban J connectivity index is 1.51. The minimum Gasteiger partial charge on any atom is -0.379 e. The van der Waals surface area contributed by atoms with E-state index in [0.29, 0.717) is 32.3 Å². The van der Waals surface area contributed by atoms with Gasteiger partial charge in [-0.15, -0.1) is 0 Å². The minimum atomic E-state index is -0.590. The highest BCUT2D eigenvalue weighted by Crippen LogP contribution is 2.38. The number of hydrogen-bond acceptors (Lipinski definition) is 5. The van der Waals surface area contributed by atoms with Gasteiger partial charge in [-0.3, -0.25) is 24.1 Å². The number of primary amides is 2. The predicted octanol–water partition coefficient (Wildman–Crippen LogP) is 1.87. The molecule has 0 spiro atoms. The van der Waals surface area contributed by atoms with Crippen molar-refractivity contribution in [2.24, 2.45) is 11.5 Å². The quantitative estimate of drug-likeness (QED) is 0.324. The highest BCUT2D eigenvalue weighted by molar-refractivity contribution is 6.04. The topological polar surface area (TPSA) is 145 Å². The molecule has 0 aromatic heterocycles. The van der Waals surface area contributed by atoms with E-state index in [4.69, 9.17) is 16.2 Å². The number of ether oxygens (including phenoxy) is 1. The number of hydrogen-bond donors (Lipinski definition) is 3. The van der Waals surface area contributed by atoms with Gasteiger partial charge in [0.15, 0.2) is 0 Å². The predicted molar refractivity (Wildman–Crippen MR) is 132 cm³/mol. The number of amides is 4. The molecule has 9 heteroatoms. The average molecular weight is 487 g/mol.